The first kappa shape index (κ1) is 22.6. The first-order valence-corrected chi connectivity index (χ1v) is 10.4. The zero-order chi connectivity index (χ0) is 22.9. The van der Waals surface area contributed by atoms with E-state index in [9.17, 15) is 4.79 Å². The molecule has 0 aliphatic carbocycles. The van der Waals surface area contributed by atoms with Gasteiger partial charge >= 0.3 is 5.97 Å². The second kappa shape index (κ2) is 10.8. The fourth-order valence-corrected chi connectivity index (χ4v) is 3.08. The highest BCUT2D eigenvalue weighted by atomic mass is 16.5. The monoisotopic (exact) mass is 421 g/mol. The number of hydrogen-bond acceptors (Lipinski definition) is 3. The fourth-order valence-electron chi connectivity index (χ4n) is 3.08. The molecule has 0 atom stereocenters. The minimum atomic E-state index is -0.434. The van der Waals surface area contributed by atoms with E-state index in [1.807, 2.05) is 55.5 Å². The number of nitrogens with zero attached hydrogens (tertiary/aromatic N) is 1. The van der Waals surface area contributed by atoms with Crippen LogP contribution in [0.25, 0.3) is 12.2 Å². The SMILES string of the molecule is C=Cc1ccc(N(c2ccc(C=CC=CC)cc2)c2ccc(OC(=O)C(=C)C)cc2)cc1. The van der Waals surface area contributed by atoms with E-state index in [0.717, 1.165) is 28.2 Å². The van der Waals surface area contributed by atoms with Crippen LogP contribution in [-0.4, -0.2) is 5.97 Å². The number of anilines is 3. The summed E-state index contributed by atoms with van der Waals surface area (Å²) in [7, 11) is 0. The minimum Gasteiger partial charge on any atom is -0.423 e. The van der Waals surface area contributed by atoms with Crippen molar-refractivity contribution in [1.82, 2.24) is 0 Å². The maximum atomic E-state index is 11.8. The Balaban J connectivity index is 1.96. The molecule has 3 aromatic carbocycles. The Hall–Kier alpha value is -4.11. The largest absolute Gasteiger partial charge is 0.423 e. The third-order valence-corrected chi connectivity index (χ3v) is 4.78. The van der Waals surface area contributed by atoms with Gasteiger partial charge in [-0.1, -0.05) is 67.8 Å². The number of ether oxygens (including phenoxy) is 1. The summed E-state index contributed by atoms with van der Waals surface area (Å²) in [6, 6.07) is 24.0. The average molecular weight is 422 g/mol. The maximum Gasteiger partial charge on any atom is 0.338 e. The van der Waals surface area contributed by atoms with E-state index in [1.165, 1.54) is 0 Å². The summed E-state index contributed by atoms with van der Waals surface area (Å²) in [5, 5.41) is 0. The highest BCUT2D eigenvalue weighted by molar-refractivity contribution is 5.89. The molecule has 32 heavy (non-hydrogen) atoms. The topological polar surface area (TPSA) is 29.5 Å². The molecular formula is C29H27NO2. The Morgan fingerprint density at radius 3 is 1.78 bits per heavy atom. The molecule has 3 heteroatoms. The molecule has 3 aromatic rings. The molecule has 3 nitrogen and oxygen atoms in total. The van der Waals surface area contributed by atoms with Crippen molar-refractivity contribution in [2.75, 3.05) is 4.90 Å². The molecule has 0 saturated heterocycles. The molecule has 0 unspecified atom stereocenters. The Bertz CT molecular complexity index is 1140. The lowest BCUT2D eigenvalue weighted by Gasteiger charge is -2.26. The van der Waals surface area contributed by atoms with E-state index in [0.29, 0.717) is 11.3 Å². The molecule has 0 heterocycles. The quantitative estimate of drug-likeness (QED) is 0.160. The predicted octanol–water partition coefficient (Wildman–Crippen LogP) is 7.87. The fraction of sp³-hybridized carbons (Fsp3) is 0.0690. The van der Waals surface area contributed by atoms with Crippen molar-refractivity contribution in [3.63, 3.8) is 0 Å². The molecule has 0 fully saturated rings. The van der Waals surface area contributed by atoms with Gasteiger partial charge < -0.3 is 9.64 Å². The number of hydrogen-bond donors (Lipinski definition) is 0. The first-order chi connectivity index (χ1) is 15.5. The number of allylic oxidation sites excluding steroid dienone is 3. The van der Waals surface area contributed by atoms with Crippen LogP contribution < -0.4 is 9.64 Å². The van der Waals surface area contributed by atoms with Crippen LogP contribution in [0.1, 0.15) is 25.0 Å². The standard InChI is InChI=1S/C29H27NO2/c1-5-7-8-9-24-12-16-26(17-13-24)30(25-14-10-23(6-2)11-15-25)27-18-20-28(21-19-27)32-29(31)22(3)4/h5-21H,2-3H2,1,4H3. The van der Waals surface area contributed by atoms with Gasteiger partial charge in [0.05, 0.1) is 0 Å². The minimum absolute atomic E-state index is 0.363. The van der Waals surface area contributed by atoms with Crippen LogP contribution in [0.15, 0.2) is 110 Å². The first-order valence-electron chi connectivity index (χ1n) is 10.4. The molecule has 3 rings (SSSR count). The number of carbonyl (C=O) groups excluding carboxylic acids is 1. The van der Waals surface area contributed by atoms with Gasteiger partial charge in [-0.25, -0.2) is 4.79 Å². The summed E-state index contributed by atoms with van der Waals surface area (Å²) in [6.45, 7) is 11.1. The molecule has 0 bridgehead atoms. The van der Waals surface area contributed by atoms with Crippen molar-refractivity contribution in [3.8, 4) is 5.75 Å². The summed E-state index contributed by atoms with van der Waals surface area (Å²) in [5.41, 5.74) is 5.52. The predicted molar refractivity (Wildman–Crippen MR) is 136 cm³/mol. The van der Waals surface area contributed by atoms with Gasteiger partial charge in [-0.3, -0.25) is 0 Å². The van der Waals surface area contributed by atoms with Gasteiger partial charge in [0.2, 0.25) is 0 Å². The van der Waals surface area contributed by atoms with Crippen molar-refractivity contribution in [2.45, 2.75) is 13.8 Å². The van der Waals surface area contributed by atoms with Gasteiger partial charge in [-0.05, 0) is 73.5 Å². The van der Waals surface area contributed by atoms with Gasteiger partial charge in [-0.2, -0.15) is 0 Å². The Morgan fingerprint density at radius 2 is 1.31 bits per heavy atom. The normalized spacial score (nSPS) is 10.9. The Morgan fingerprint density at radius 1 is 0.812 bits per heavy atom. The van der Waals surface area contributed by atoms with Crippen LogP contribution in [0.5, 0.6) is 5.75 Å². The van der Waals surface area contributed by atoms with E-state index in [-0.39, 0.29) is 0 Å². The van der Waals surface area contributed by atoms with Crippen LogP contribution in [0.2, 0.25) is 0 Å². The molecule has 0 aliphatic rings. The number of esters is 1. The molecule has 0 amide bonds. The molecule has 0 aliphatic heterocycles. The van der Waals surface area contributed by atoms with Gasteiger partial charge in [0.15, 0.2) is 0 Å². The van der Waals surface area contributed by atoms with Crippen molar-refractivity contribution in [2.24, 2.45) is 0 Å². The molecule has 0 aromatic heterocycles. The third-order valence-electron chi connectivity index (χ3n) is 4.78. The summed E-state index contributed by atoms with van der Waals surface area (Å²) in [6.07, 6.45) is 9.91. The van der Waals surface area contributed by atoms with Crippen molar-refractivity contribution in [3.05, 3.63) is 121 Å². The van der Waals surface area contributed by atoms with E-state index in [1.54, 1.807) is 19.1 Å². The number of carbonyl (C=O) groups is 1. The molecule has 0 radical (unpaired) electrons. The lowest BCUT2D eigenvalue weighted by atomic mass is 10.1. The lowest BCUT2D eigenvalue weighted by Crippen LogP contribution is -2.11. The molecular weight excluding hydrogens is 394 g/mol. The maximum absolute atomic E-state index is 11.8. The molecule has 0 spiro atoms. The van der Waals surface area contributed by atoms with Gasteiger partial charge in [-0.15, -0.1) is 0 Å². The van der Waals surface area contributed by atoms with Crippen LogP contribution >= 0.6 is 0 Å². The van der Waals surface area contributed by atoms with E-state index in [2.05, 4.69) is 60.5 Å². The van der Waals surface area contributed by atoms with Gasteiger partial charge in [0.25, 0.3) is 0 Å². The van der Waals surface area contributed by atoms with Crippen LogP contribution in [0, 0.1) is 0 Å². The second-order valence-corrected chi connectivity index (χ2v) is 7.27. The Kier molecular flexibility index (Phi) is 7.60. The number of rotatable bonds is 8. The highest BCUT2D eigenvalue weighted by Crippen LogP contribution is 2.35. The van der Waals surface area contributed by atoms with E-state index in [4.69, 9.17) is 4.74 Å². The lowest BCUT2D eigenvalue weighted by molar-refractivity contribution is -0.130. The van der Waals surface area contributed by atoms with Gasteiger partial charge in [0, 0.05) is 22.6 Å². The zero-order valence-electron chi connectivity index (χ0n) is 18.5. The average Bonchev–Trinajstić information content (AvgIpc) is 2.82. The molecule has 0 N–H and O–H groups in total. The Labute approximate surface area is 190 Å². The van der Waals surface area contributed by atoms with E-state index < -0.39 is 5.97 Å². The smallest absolute Gasteiger partial charge is 0.338 e. The summed E-state index contributed by atoms with van der Waals surface area (Å²) >= 11 is 0. The van der Waals surface area contributed by atoms with Crippen LogP contribution in [0.3, 0.4) is 0 Å². The summed E-state index contributed by atoms with van der Waals surface area (Å²) in [5.74, 6) is 0.0457. The van der Waals surface area contributed by atoms with Crippen molar-refractivity contribution in [1.29, 1.82) is 0 Å². The number of benzene rings is 3. The summed E-state index contributed by atoms with van der Waals surface area (Å²) in [4.78, 5) is 14.0. The zero-order valence-corrected chi connectivity index (χ0v) is 18.5. The third kappa shape index (κ3) is 5.73. The van der Waals surface area contributed by atoms with Crippen molar-refractivity contribution >= 4 is 35.2 Å². The van der Waals surface area contributed by atoms with E-state index >= 15 is 0 Å². The van der Waals surface area contributed by atoms with Gasteiger partial charge in [0.1, 0.15) is 5.75 Å². The molecule has 0 saturated carbocycles. The van der Waals surface area contributed by atoms with Crippen molar-refractivity contribution < 1.29 is 9.53 Å². The second-order valence-electron chi connectivity index (χ2n) is 7.27. The highest BCUT2D eigenvalue weighted by Gasteiger charge is 2.13. The van der Waals surface area contributed by atoms with Crippen LogP contribution in [0.4, 0.5) is 17.1 Å². The van der Waals surface area contributed by atoms with Crippen LogP contribution in [-0.2, 0) is 4.79 Å². The summed E-state index contributed by atoms with van der Waals surface area (Å²) < 4.78 is 5.33. The molecule has 160 valence electrons.